The summed E-state index contributed by atoms with van der Waals surface area (Å²) in [5.74, 6) is 0. The molecular formula is C38H24. The standard InChI is InChI=1S/C38H24/c1-2-12-26(13-3-1)37-32-15-6-8-17-34(32)38(35-18-9-7-16-33(35)37)31-20-10-19-30-29(31)24-23-27-22-21-25-11-4-5-14-28(25)36(27)30/h1-24H. The lowest BCUT2D eigenvalue weighted by atomic mass is 9.84. The van der Waals surface area contributed by atoms with Crippen LogP contribution in [0.25, 0.3) is 76.1 Å². The first-order valence-electron chi connectivity index (χ1n) is 13.2. The Morgan fingerprint density at radius 1 is 0.263 bits per heavy atom. The zero-order valence-electron chi connectivity index (χ0n) is 20.9. The first-order chi connectivity index (χ1) is 18.9. The fraction of sp³-hybridized carbons (Fsp3) is 0. The van der Waals surface area contributed by atoms with Crippen LogP contribution >= 0.6 is 0 Å². The largest absolute Gasteiger partial charge is 0.0622 e. The van der Waals surface area contributed by atoms with Gasteiger partial charge >= 0.3 is 0 Å². The molecule has 0 nitrogen and oxygen atoms in total. The number of benzene rings is 8. The second-order valence-corrected chi connectivity index (χ2v) is 10.1. The van der Waals surface area contributed by atoms with E-state index in [4.69, 9.17) is 0 Å². The van der Waals surface area contributed by atoms with Crippen LogP contribution in [0.15, 0.2) is 146 Å². The molecule has 0 spiro atoms. The van der Waals surface area contributed by atoms with E-state index in [0.29, 0.717) is 0 Å². The van der Waals surface area contributed by atoms with Gasteiger partial charge in [0.05, 0.1) is 0 Å². The molecule has 0 atom stereocenters. The van der Waals surface area contributed by atoms with Crippen molar-refractivity contribution in [3.63, 3.8) is 0 Å². The van der Waals surface area contributed by atoms with Crippen molar-refractivity contribution in [2.75, 3.05) is 0 Å². The summed E-state index contributed by atoms with van der Waals surface area (Å²) in [5.41, 5.74) is 5.14. The van der Waals surface area contributed by atoms with Gasteiger partial charge in [0.25, 0.3) is 0 Å². The summed E-state index contributed by atoms with van der Waals surface area (Å²) in [6, 6.07) is 53.2. The van der Waals surface area contributed by atoms with Crippen LogP contribution in [0.2, 0.25) is 0 Å². The summed E-state index contributed by atoms with van der Waals surface area (Å²) >= 11 is 0. The molecule has 0 heteroatoms. The maximum absolute atomic E-state index is 2.32. The van der Waals surface area contributed by atoms with E-state index in [1.807, 2.05) is 0 Å². The third-order valence-electron chi connectivity index (χ3n) is 8.03. The van der Waals surface area contributed by atoms with E-state index < -0.39 is 0 Å². The Kier molecular flexibility index (Phi) is 4.62. The topological polar surface area (TPSA) is 0 Å². The molecule has 38 heavy (non-hydrogen) atoms. The highest BCUT2D eigenvalue weighted by atomic mass is 14.2. The minimum atomic E-state index is 1.25. The number of rotatable bonds is 2. The molecule has 0 bridgehead atoms. The van der Waals surface area contributed by atoms with Gasteiger partial charge in [-0.25, -0.2) is 0 Å². The lowest BCUT2D eigenvalue weighted by molar-refractivity contribution is 1.66. The molecular weight excluding hydrogens is 456 g/mol. The number of hydrogen-bond donors (Lipinski definition) is 0. The van der Waals surface area contributed by atoms with E-state index in [0.717, 1.165) is 0 Å². The minimum Gasteiger partial charge on any atom is -0.0622 e. The third-order valence-corrected chi connectivity index (χ3v) is 8.03. The summed E-state index contributed by atoms with van der Waals surface area (Å²) in [7, 11) is 0. The molecule has 0 heterocycles. The van der Waals surface area contributed by atoms with Crippen LogP contribution in [-0.4, -0.2) is 0 Å². The molecule has 0 aliphatic rings. The molecule has 0 saturated heterocycles. The van der Waals surface area contributed by atoms with Crippen molar-refractivity contribution in [1.82, 2.24) is 0 Å². The normalized spacial score (nSPS) is 11.7. The minimum absolute atomic E-state index is 1.25. The van der Waals surface area contributed by atoms with Crippen molar-refractivity contribution in [1.29, 1.82) is 0 Å². The van der Waals surface area contributed by atoms with Gasteiger partial charge in [0.15, 0.2) is 0 Å². The van der Waals surface area contributed by atoms with Crippen LogP contribution in [0.4, 0.5) is 0 Å². The predicted octanol–water partition coefficient (Wildman–Crippen LogP) is 10.8. The van der Waals surface area contributed by atoms with Crippen LogP contribution in [0, 0.1) is 0 Å². The Bertz CT molecular complexity index is 2110. The van der Waals surface area contributed by atoms with Crippen molar-refractivity contribution in [2.45, 2.75) is 0 Å². The highest BCUT2D eigenvalue weighted by Gasteiger charge is 2.18. The van der Waals surface area contributed by atoms with Crippen molar-refractivity contribution < 1.29 is 0 Å². The Hall–Kier alpha value is -4.94. The molecule has 0 aliphatic carbocycles. The fourth-order valence-corrected chi connectivity index (χ4v) is 6.42. The summed E-state index contributed by atoms with van der Waals surface area (Å²) in [6.45, 7) is 0. The Morgan fingerprint density at radius 3 is 1.50 bits per heavy atom. The van der Waals surface area contributed by atoms with E-state index in [-0.39, 0.29) is 0 Å². The van der Waals surface area contributed by atoms with Gasteiger partial charge in [-0.15, -0.1) is 0 Å². The van der Waals surface area contributed by atoms with E-state index >= 15 is 0 Å². The first-order valence-corrected chi connectivity index (χ1v) is 13.2. The third kappa shape index (κ3) is 3.04. The van der Waals surface area contributed by atoms with Gasteiger partial charge < -0.3 is 0 Å². The summed E-state index contributed by atoms with van der Waals surface area (Å²) in [6.07, 6.45) is 0. The average molecular weight is 481 g/mol. The molecule has 0 fully saturated rings. The molecule has 0 N–H and O–H groups in total. The molecule has 8 aromatic carbocycles. The van der Waals surface area contributed by atoms with Crippen molar-refractivity contribution in [3.05, 3.63) is 146 Å². The lowest BCUT2D eigenvalue weighted by Gasteiger charge is -2.19. The summed E-state index contributed by atoms with van der Waals surface area (Å²) < 4.78 is 0. The van der Waals surface area contributed by atoms with Crippen molar-refractivity contribution >= 4 is 53.9 Å². The fourth-order valence-electron chi connectivity index (χ4n) is 6.42. The predicted molar refractivity (Wildman–Crippen MR) is 165 cm³/mol. The molecule has 0 radical (unpaired) electrons. The molecule has 0 saturated carbocycles. The quantitative estimate of drug-likeness (QED) is 0.170. The molecule has 176 valence electrons. The van der Waals surface area contributed by atoms with Gasteiger partial charge in [-0.05, 0) is 76.1 Å². The average Bonchev–Trinajstić information content (AvgIpc) is 2.99. The summed E-state index contributed by atoms with van der Waals surface area (Å²) in [4.78, 5) is 0. The Balaban J connectivity index is 1.56. The lowest BCUT2D eigenvalue weighted by Crippen LogP contribution is -1.91. The number of fused-ring (bicyclic) bond motifs is 7. The van der Waals surface area contributed by atoms with Gasteiger partial charge in [-0.2, -0.15) is 0 Å². The van der Waals surface area contributed by atoms with Gasteiger partial charge in [-0.1, -0.05) is 146 Å². The maximum atomic E-state index is 2.32. The molecule has 0 aromatic heterocycles. The highest BCUT2D eigenvalue weighted by Crippen LogP contribution is 2.46. The smallest absolute Gasteiger partial charge is 0.00201 e. The SMILES string of the molecule is c1ccc(-c2c3ccccc3c(-c3cccc4c3ccc3ccc5ccccc5c34)c3ccccc23)cc1. The van der Waals surface area contributed by atoms with Crippen LogP contribution in [0.5, 0.6) is 0 Å². The Labute approximate surface area is 221 Å². The maximum Gasteiger partial charge on any atom is -0.00201 e. The van der Waals surface area contributed by atoms with Gasteiger partial charge in [0.1, 0.15) is 0 Å². The van der Waals surface area contributed by atoms with Gasteiger partial charge in [0.2, 0.25) is 0 Å². The van der Waals surface area contributed by atoms with E-state index in [2.05, 4.69) is 146 Å². The monoisotopic (exact) mass is 480 g/mol. The van der Waals surface area contributed by atoms with Gasteiger partial charge in [-0.3, -0.25) is 0 Å². The van der Waals surface area contributed by atoms with E-state index in [1.165, 1.54) is 76.1 Å². The second-order valence-electron chi connectivity index (χ2n) is 10.1. The molecule has 8 aromatic rings. The van der Waals surface area contributed by atoms with E-state index in [1.54, 1.807) is 0 Å². The number of hydrogen-bond acceptors (Lipinski definition) is 0. The molecule has 0 aliphatic heterocycles. The molecule has 0 unspecified atom stereocenters. The highest BCUT2D eigenvalue weighted by molar-refractivity contribution is 6.27. The summed E-state index contributed by atoms with van der Waals surface area (Å²) in [5, 5.41) is 12.9. The van der Waals surface area contributed by atoms with Crippen LogP contribution < -0.4 is 0 Å². The second kappa shape index (κ2) is 8.30. The zero-order chi connectivity index (χ0) is 25.1. The molecule has 8 rings (SSSR count). The van der Waals surface area contributed by atoms with Crippen LogP contribution in [-0.2, 0) is 0 Å². The Morgan fingerprint density at radius 2 is 0.789 bits per heavy atom. The van der Waals surface area contributed by atoms with Gasteiger partial charge in [0, 0.05) is 0 Å². The van der Waals surface area contributed by atoms with Crippen LogP contribution in [0.1, 0.15) is 0 Å². The van der Waals surface area contributed by atoms with Crippen molar-refractivity contribution in [2.24, 2.45) is 0 Å². The zero-order valence-corrected chi connectivity index (χ0v) is 20.9. The van der Waals surface area contributed by atoms with Crippen LogP contribution in [0.3, 0.4) is 0 Å². The van der Waals surface area contributed by atoms with E-state index in [9.17, 15) is 0 Å². The molecule has 0 amide bonds. The van der Waals surface area contributed by atoms with Crippen molar-refractivity contribution in [3.8, 4) is 22.3 Å². The first kappa shape index (κ1) is 21.2.